The first-order chi connectivity index (χ1) is 8.69. The van der Waals surface area contributed by atoms with Crippen LogP contribution in [0.15, 0.2) is 22.7 Å². The van der Waals surface area contributed by atoms with Crippen molar-refractivity contribution in [2.45, 2.75) is 13.3 Å². The standard InChI is InChI=1S/C12H11ClN4O/c1-8-16-12(18-17-8)4-5-15-10-3-2-9(7-14)11(13)6-10/h2-3,6,15H,4-5H2,1H3. The number of nitrogens with zero attached hydrogens (tertiary/aromatic N) is 3. The summed E-state index contributed by atoms with van der Waals surface area (Å²) in [6, 6.07) is 7.23. The molecule has 6 heteroatoms. The Labute approximate surface area is 109 Å². The molecule has 0 unspecified atom stereocenters. The van der Waals surface area contributed by atoms with Crippen LogP contribution in [0.3, 0.4) is 0 Å². The van der Waals surface area contributed by atoms with Crippen LogP contribution in [-0.4, -0.2) is 16.7 Å². The number of benzene rings is 1. The van der Waals surface area contributed by atoms with Gasteiger partial charge in [0.1, 0.15) is 6.07 Å². The van der Waals surface area contributed by atoms with Gasteiger partial charge in [0.2, 0.25) is 5.89 Å². The number of hydrogen-bond donors (Lipinski definition) is 1. The van der Waals surface area contributed by atoms with E-state index in [1.54, 1.807) is 19.1 Å². The van der Waals surface area contributed by atoms with Crippen molar-refractivity contribution in [1.82, 2.24) is 10.1 Å². The van der Waals surface area contributed by atoms with Gasteiger partial charge in [-0.1, -0.05) is 16.8 Å². The SMILES string of the molecule is Cc1noc(CCNc2ccc(C#N)c(Cl)c2)n1. The van der Waals surface area contributed by atoms with Crippen molar-refractivity contribution in [2.75, 3.05) is 11.9 Å². The van der Waals surface area contributed by atoms with Crippen molar-refractivity contribution in [3.63, 3.8) is 0 Å². The van der Waals surface area contributed by atoms with Crippen LogP contribution in [0.5, 0.6) is 0 Å². The van der Waals surface area contributed by atoms with Crippen molar-refractivity contribution in [3.05, 3.63) is 40.5 Å². The molecule has 0 aliphatic carbocycles. The minimum atomic E-state index is 0.441. The fourth-order valence-corrected chi connectivity index (χ4v) is 1.69. The third-order valence-corrected chi connectivity index (χ3v) is 2.64. The minimum absolute atomic E-state index is 0.441. The van der Waals surface area contributed by atoms with Crippen LogP contribution in [0.25, 0.3) is 0 Å². The molecular formula is C12H11ClN4O. The Balaban J connectivity index is 1.91. The molecule has 1 N–H and O–H groups in total. The van der Waals surface area contributed by atoms with Gasteiger partial charge >= 0.3 is 0 Å². The first-order valence-corrected chi connectivity index (χ1v) is 5.79. The van der Waals surface area contributed by atoms with E-state index in [1.165, 1.54) is 0 Å². The third kappa shape index (κ3) is 2.99. The van der Waals surface area contributed by atoms with Crippen LogP contribution in [0.4, 0.5) is 5.69 Å². The van der Waals surface area contributed by atoms with E-state index in [-0.39, 0.29) is 0 Å². The number of hydrogen-bond acceptors (Lipinski definition) is 5. The van der Waals surface area contributed by atoms with E-state index in [9.17, 15) is 0 Å². The first kappa shape index (κ1) is 12.4. The van der Waals surface area contributed by atoms with Gasteiger partial charge < -0.3 is 9.84 Å². The monoisotopic (exact) mass is 262 g/mol. The Morgan fingerprint density at radius 1 is 1.50 bits per heavy atom. The second-order valence-corrected chi connectivity index (χ2v) is 4.13. The predicted octanol–water partition coefficient (Wildman–Crippen LogP) is 2.56. The van der Waals surface area contributed by atoms with E-state index in [4.69, 9.17) is 21.4 Å². The summed E-state index contributed by atoms with van der Waals surface area (Å²) in [6.45, 7) is 2.44. The number of rotatable bonds is 4. The number of nitriles is 1. The zero-order valence-electron chi connectivity index (χ0n) is 9.77. The van der Waals surface area contributed by atoms with Crippen molar-refractivity contribution >= 4 is 17.3 Å². The van der Waals surface area contributed by atoms with Gasteiger partial charge in [0.15, 0.2) is 5.82 Å². The zero-order chi connectivity index (χ0) is 13.0. The van der Waals surface area contributed by atoms with Crippen molar-refractivity contribution in [2.24, 2.45) is 0 Å². The Kier molecular flexibility index (Phi) is 3.80. The van der Waals surface area contributed by atoms with Crippen LogP contribution in [0.2, 0.25) is 5.02 Å². The van der Waals surface area contributed by atoms with E-state index in [1.807, 2.05) is 12.1 Å². The second-order valence-electron chi connectivity index (χ2n) is 3.72. The number of anilines is 1. The molecule has 0 atom stereocenters. The molecule has 0 bridgehead atoms. The lowest BCUT2D eigenvalue weighted by Gasteiger charge is -2.05. The van der Waals surface area contributed by atoms with Gasteiger partial charge in [-0.2, -0.15) is 10.2 Å². The molecule has 0 amide bonds. The summed E-state index contributed by atoms with van der Waals surface area (Å²) in [5.74, 6) is 1.23. The van der Waals surface area contributed by atoms with E-state index in [2.05, 4.69) is 15.5 Å². The number of nitrogens with one attached hydrogen (secondary N) is 1. The molecule has 1 aromatic carbocycles. The maximum absolute atomic E-state index is 8.75. The molecule has 2 aromatic rings. The molecule has 0 aliphatic heterocycles. The summed E-state index contributed by atoms with van der Waals surface area (Å²) in [5.41, 5.74) is 1.32. The van der Waals surface area contributed by atoms with E-state index < -0.39 is 0 Å². The van der Waals surface area contributed by atoms with Gasteiger partial charge in [0, 0.05) is 18.7 Å². The van der Waals surface area contributed by atoms with Gasteiger partial charge in [0.25, 0.3) is 0 Å². The van der Waals surface area contributed by atoms with Gasteiger partial charge in [-0.25, -0.2) is 0 Å². The summed E-state index contributed by atoms with van der Waals surface area (Å²) in [4.78, 5) is 4.10. The Morgan fingerprint density at radius 2 is 2.33 bits per heavy atom. The second kappa shape index (κ2) is 5.52. The average molecular weight is 263 g/mol. The fraction of sp³-hybridized carbons (Fsp3) is 0.250. The molecule has 0 fully saturated rings. The molecule has 0 radical (unpaired) electrons. The van der Waals surface area contributed by atoms with Crippen molar-refractivity contribution in [1.29, 1.82) is 5.26 Å². The van der Waals surface area contributed by atoms with Crippen LogP contribution in [0, 0.1) is 18.3 Å². The highest BCUT2D eigenvalue weighted by Crippen LogP contribution is 2.20. The molecule has 0 saturated heterocycles. The van der Waals surface area contributed by atoms with Crippen LogP contribution >= 0.6 is 11.6 Å². The minimum Gasteiger partial charge on any atom is -0.384 e. The smallest absolute Gasteiger partial charge is 0.228 e. The summed E-state index contributed by atoms with van der Waals surface area (Å²) in [7, 11) is 0. The van der Waals surface area contributed by atoms with Gasteiger partial charge in [0.05, 0.1) is 10.6 Å². The van der Waals surface area contributed by atoms with Crippen molar-refractivity contribution < 1.29 is 4.52 Å². The third-order valence-electron chi connectivity index (χ3n) is 2.33. The van der Waals surface area contributed by atoms with Crippen LogP contribution < -0.4 is 5.32 Å². The molecule has 1 heterocycles. The van der Waals surface area contributed by atoms with Gasteiger partial charge in [-0.15, -0.1) is 0 Å². The molecule has 18 heavy (non-hydrogen) atoms. The molecule has 1 aromatic heterocycles. The molecule has 5 nitrogen and oxygen atoms in total. The summed E-state index contributed by atoms with van der Waals surface area (Å²) >= 11 is 5.93. The lowest BCUT2D eigenvalue weighted by molar-refractivity contribution is 0.377. The van der Waals surface area contributed by atoms with Gasteiger partial charge in [-0.05, 0) is 25.1 Å². The Bertz CT molecular complexity index is 588. The van der Waals surface area contributed by atoms with E-state index in [0.29, 0.717) is 35.3 Å². The normalized spacial score (nSPS) is 10.1. The van der Waals surface area contributed by atoms with Crippen LogP contribution in [-0.2, 0) is 6.42 Å². The highest BCUT2D eigenvalue weighted by Gasteiger charge is 2.03. The number of halogens is 1. The highest BCUT2D eigenvalue weighted by molar-refractivity contribution is 6.32. The quantitative estimate of drug-likeness (QED) is 0.916. The average Bonchev–Trinajstić information content (AvgIpc) is 2.75. The van der Waals surface area contributed by atoms with E-state index >= 15 is 0 Å². The number of aromatic nitrogens is 2. The van der Waals surface area contributed by atoms with Crippen molar-refractivity contribution in [3.8, 4) is 6.07 Å². The lowest BCUT2D eigenvalue weighted by Crippen LogP contribution is -2.05. The topological polar surface area (TPSA) is 74.7 Å². The Hall–Kier alpha value is -2.06. The van der Waals surface area contributed by atoms with E-state index in [0.717, 1.165) is 5.69 Å². The number of aryl methyl sites for hydroxylation is 1. The zero-order valence-corrected chi connectivity index (χ0v) is 10.5. The summed E-state index contributed by atoms with van der Waals surface area (Å²) in [6.07, 6.45) is 0.637. The fourth-order valence-electron chi connectivity index (χ4n) is 1.47. The molecular weight excluding hydrogens is 252 g/mol. The first-order valence-electron chi connectivity index (χ1n) is 5.42. The van der Waals surface area contributed by atoms with Crippen LogP contribution in [0.1, 0.15) is 17.3 Å². The lowest BCUT2D eigenvalue weighted by atomic mass is 10.2. The Morgan fingerprint density at radius 3 is 2.94 bits per heavy atom. The maximum atomic E-state index is 8.75. The predicted molar refractivity (Wildman–Crippen MR) is 67.4 cm³/mol. The van der Waals surface area contributed by atoms with Gasteiger partial charge in [-0.3, -0.25) is 0 Å². The molecule has 0 spiro atoms. The summed E-state index contributed by atoms with van der Waals surface area (Å²) in [5, 5.41) is 16.1. The molecule has 92 valence electrons. The summed E-state index contributed by atoms with van der Waals surface area (Å²) < 4.78 is 4.99. The largest absolute Gasteiger partial charge is 0.384 e. The molecule has 2 rings (SSSR count). The molecule has 0 aliphatic rings. The maximum Gasteiger partial charge on any atom is 0.228 e. The highest BCUT2D eigenvalue weighted by atomic mass is 35.5. The molecule has 0 saturated carbocycles.